The van der Waals surface area contributed by atoms with Crippen molar-refractivity contribution in [1.29, 1.82) is 0 Å². The van der Waals surface area contributed by atoms with E-state index >= 15 is 0 Å². The van der Waals surface area contributed by atoms with Crippen molar-refractivity contribution in [2.45, 2.75) is 44.3 Å². The van der Waals surface area contributed by atoms with Gasteiger partial charge in [-0.2, -0.15) is 0 Å². The van der Waals surface area contributed by atoms with E-state index in [4.69, 9.17) is 21.1 Å². The molecule has 40 heavy (non-hydrogen) atoms. The Balaban J connectivity index is 2.08. The van der Waals surface area contributed by atoms with Crippen molar-refractivity contribution >= 4 is 39.1 Å². The third-order valence-corrected chi connectivity index (χ3v) is 8.32. The van der Waals surface area contributed by atoms with Gasteiger partial charge in [0, 0.05) is 17.6 Å². The lowest BCUT2D eigenvalue weighted by Crippen LogP contribution is -2.52. The Hall–Kier alpha value is -3.76. The van der Waals surface area contributed by atoms with Crippen molar-refractivity contribution in [2.24, 2.45) is 0 Å². The maximum absolute atomic E-state index is 14.0. The molecular formula is C29H34ClN3O6S. The van der Waals surface area contributed by atoms with Crippen LogP contribution in [0, 0.1) is 0 Å². The van der Waals surface area contributed by atoms with Crippen LogP contribution in [0.3, 0.4) is 0 Å². The van der Waals surface area contributed by atoms with Gasteiger partial charge < -0.3 is 19.7 Å². The van der Waals surface area contributed by atoms with Gasteiger partial charge in [-0.3, -0.25) is 13.9 Å². The first kappa shape index (κ1) is 30.8. The summed E-state index contributed by atoms with van der Waals surface area (Å²) in [6.45, 7) is 4.62. The Labute approximate surface area is 240 Å². The number of anilines is 1. The second-order valence-corrected chi connectivity index (χ2v) is 11.6. The summed E-state index contributed by atoms with van der Waals surface area (Å²) in [5.74, 6) is -0.239. The Morgan fingerprint density at radius 2 is 1.52 bits per heavy atom. The van der Waals surface area contributed by atoms with Crippen molar-refractivity contribution in [3.8, 4) is 11.5 Å². The summed E-state index contributed by atoms with van der Waals surface area (Å²) < 4.78 is 39.6. The molecule has 0 aliphatic carbocycles. The van der Waals surface area contributed by atoms with E-state index in [1.807, 2.05) is 13.8 Å². The molecule has 0 bridgehead atoms. The Morgan fingerprint density at radius 1 is 0.900 bits per heavy atom. The zero-order valence-electron chi connectivity index (χ0n) is 23.1. The van der Waals surface area contributed by atoms with E-state index in [2.05, 4.69) is 5.32 Å². The molecule has 0 aliphatic heterocycles. The molecule has 11 heteroatoms. The van der Waals surface area contributed by atoms with E-state index in [0.717, 1.165) is 4.31 Å². The number of benzene rings is 3. The van der Waals surface area contributed by atoms with Crippen LogP contribution in [0.2, 0.25) is 5.02 Å². The first-order valence-electron chi connectivity index (χ1n) is 12.6. The van der Waals surface area contributed by atoms with Crippen LogP contribution in [-0.4, -0.2) is 58.0 Å². The summed E-state index contributed by atoms with van der Waals surface area (Å²) in [5, 5.41) is 3.24. The second-order valence-electron chi connectivity index (χ2n) is 9.31. The van der Waals surface area contributed by atoms with E-state index in [-0.39, 0.29) is 34.8 Å². The third kappa shape index (κ3) is 7.25. The van der Waals surface area contributed by atoms with Crippen molar-refractivity contribution in [1.82, 2.24) is 10.2 Å². The molecule has 9 nitrogen and oxygen atoms in total. The summed E-state index contributed by atoms with van der Waals surface area (Å²) in [6.07, 6.45) is 0. The minimum absolute atomic E-state index is 0.00641. The maximum atomic E-state index is 14.0. The first-order chi connectivity index (χ1) is 19.0. The highest BCUT2D eigenvalue weighted by Gasteiger charge is 2.34. The number of carbonyl (C=O) groups excluding carboxylic acids is 2. The Bertz CT molecular complexity index is 1430. The number of para-hydroxylation sites is 2. The van der Waals surface area contributed by atoms with Crippen molar-refractivity contribution < 1.29 is 27.5 Å². The maximum Gasteiger partial charge on any atom is 0.264 e. The summed E-state index contributed by atoms with van der Waals surface area (Å²) in [4.78, 5) is 28.3. The molecule has 214 valence electrons. The molecule has 0 saturated carbocycles. The van der Waals surface area contributed by atoms with Gasteiger partial charge in [-0.25, -0.2) is 8.42 Å². The molecule has 1 atom stereocenters. The van der Waals surface area contributed by atoms with E-state index in [9.17, 15) is 18.0 Å². The Morgan fingerprint density at radius 3 is 2.12 bits per heavy atom. The lowest BCUT2D eigenvalue weighted by molar-refractivity contribution is -0.139. The molecule has 2 amide bonds. The molecular weight excluding hydrogens is 554 g/mol. The number of halogens is 1. The zero-order chi connectivity index (χ0) is 29.4. The van der Waals surface area contributed by atoms with Crippen LogP contribution in [0.15, 0.2) is 77.7 Å². The molecule has 0 fully saturated rings. The van der Waals surface area contributed by atoms with Gasteiger partial charge in [0.1, 0.15) is 24.1 Å². The molecule has 0 radical (unpaired) electrons. The third-order valence-electron chi connectivity index (χ3n) is 6.18. The average Bonchev–Trinajstić information content (AvgIpc) is 2.94. The molecule has 0 saturated heterocycles. The standard InChI is InChI=1S/C29H34ClN3O6S/c1-20(2)31-29(35)21(3)32(18-22-10-6-7-11-25(22)30)28(34)19-33(26-12-8-9-13-27(26)39-5)40(36,37)24-16-14-23(38-4)15-17-24/h6-17,20-21H,18-19H2,1-5H3,(H,31,35)/t21-/m1/s1. The number of sulfonamides is 1. The average molecular weight is 588 g/mol. The second kappa shape index (κ2) is 13.5. The van der Waals surface area contributed by atoms with Gasteiger partial charge in [0.15, 0.2) is 0 Å². The number of carbonyl (C=O) groups is 2. The summed E-state index contributed by atoms with van der Waals surface area (Å²) in [7, 11) is -1.37. The van der Waals surface area contributed by atoms with E-state index in [1.165, 1.54) is 43.4 Å². The number of nitrogens with zero attached hydrogens (tertiary/aromatic N) is 2. The molecule has 3 aromatic rings. The summed E-state index contributed by atoms with van der Waals surface area (Å²) >= 11 is 6.39. The van der Waals surface area contributed by atoms with Gasteiger partial charge in [-0.05, 0) is 68.8 Å². The fraction of sp³-hybridized carbons (Fsp3) is 0.310. The Kier molecular flexibility index (Phi) is 10.4. The minimum atomic E-state index is -4.26. The lowest BCUT2D eigenvalue weighted by Gasteiger charge is -2.32. The highest BCUT2D eigenvalue weighted by atomic mass is 35.5. The van der Waals surface area contributed by atoms with Crippen LogP contribution >= 0.6 is 11.6 Å². The number of methoxy groups -OCH3 is 2. The fourth-order valence-corrected chi connectivity index (χ4v) is 5.64. The molecule has 0 aromatic heterocycles. The topological polar surface area (TPSA) is 105 Å². The van der Waals surface area contributed by atoms with E-state index in [1.54, 1.807) is 55.5 Å². The predicted octanol–water partition coefficient (Wildman–Crippen LogP) is 4.49. The van der Waals surface area contributed by atoms with Gasteiger partial charge in [0.2, 0.25) is 11.8 Å². The number of nitrogens with one attached hydrogen (secondary N) is 1. The van der Waals surface area contributed by atoms with Crippen molar-refractivity contribution in [3.63, 3.8) is 0 Å². The minimum Gasteiger partial charge on any atom is -0.497 e. The zero-order valence-corrected chi connectivity index (χ0v) is 24.7. The number of rotatable bonds is 12. The van der Waals surface area contributed by atoms with Crippen LogP contribution in [0.1, 0.15) is 26.3 Å². The molecule has 0 aliphatic rings. The predicted molar refractivity (Wildman–Crippen MR) is 155 cm³/mol. The van der Waals surface area contributed by atoms with Crippen LogP contribution in [0.25, 0.3) is 0 Å². The van der Waals surface area contributed by atoms with Crippen LogP contribution in [-0.2, 0) is 26.2 Å². The van der Waals surface area contributed by atoms with E-state index < -0.39 is 28.5 Å². The number of hydrogen-bond acceptors (Lipinski definition) is 6. The van der Waals surface area contributed by atoms with Gasteiger partial charge in [-0.1, -0.05) is 41.9 Å². The van der Waals surface area contributed by atoms with Gasteiger partial charge >= 0.3 is 0 Å². The number of amides is 2. The molecule has 3 aromatic carbocycles. The van der Waals surface area contributed by atoms with Crippen LogP contribution < -0.4 is 19.1 Å². The van der Waals surface area contributed by atoms with Gasteiger partial charge in [0.25, 0.3) is 10.0 Å². The SMILES string of the molecule is COc1ccc(S(=O)(=O)N(CC(=O)N(Cc2ccccc2Cl)[C@H](C)C(=O)NC(C)C)c2ccccc2OC)cc1. The number of hydrogen-bond donors (Lipinski definition) is 1. The highest BCUT2D eigenvalue weighted by Crippen LogP contribution is 2.33. The summed E-state index contributed by atoms with van der Waals surface area (Å²) in [5.41, 5.74) is 0.787. The monoisotopic (exact) mass is 587 g/mol. The molecule has 0 heterocycles. The largest absolute Gasteiger partial charge is 0.497 e. The van der Waals surface area contributed by atoms with Crippen molar-refractivity contribution in [2.75, 3.05) is 25.1 Å². The van der Waals surface area contributed by atoms with Gasteiger partial charge in [0.05, 0.1) is 24.8 Å². The summed E-state index contributed by atoms with van der Waals surface area (Å²) in [6, 6.07) is 18.3. The molecule has 3 rings (SSSR count). The normalized spacial score (nSPS) is 12.0. The molecule has 0 spiro atoms. The highest BCUT2D eigenvalue weighted by molar-refractivity contribution is 7.92. The van der Waals surface area contributed by atoms with Crippen molar-refractivity contribution in [3.05, 3.63) is 83.4 Å². The fourth-order valence-electron chi connectivity index (χ4n) is 4.02. The number of ether oxygens (including phenoxy) is 2. The lowest BCUT2D eigenvalue weighted by atomic mass is 10.1. The quantitative estimate of drug-likeness (QED) is 0.335. The molecule has 1 N–H and O–H groups in total. The first-order valence-corrected chi connectivity index (χ1v) is 14.4. The van der Waals surface area contributed by atoms with E-state index in [0.29, 0.717) is 16.3 Å². The van der Waals surface area contributed by atoms with Crippen LogP contribution in [0.5, 0.6) is 11.5 Å². The van der Waals surface area contributed by atoms with Crippen LogP contribution in [0.4, 0.5) is 5.69 Å². The smallest absolute Gasteiger partial charge is 0.264 e. The molecule has 0 unspecified atom stereocenters. The van der Waals surface area contributed by atoms with Gasteiger partial charge in [-0.15, -0.1) is 0 Å².